The number of ether oxygens (including phenoxy) is 2. The number of hydrogen-bond donors (Lipinski definition) is 8. The fourth-order valence-corrected chi connectivity index (χ4v) is 11.4. The Morgan fingerprint density at radius 1 is 0.573 bits per heavy atom. The summed E-state index contributed by atoms with van der Waals surface area (Å²) in [5.41, 5.74) is 1.98. The summed E-state index contributed by atoms with van der Waals surface area (Å²) in [5.74, 6) is -2.87. The molecule has 0 saturated heterocycles. The van der Waals surface area contributed by atoms with Gasteiger partial charge in [-0.25, -0.2) is 9.97 Å². The Morgan fingerprint density at radius 2 is 0.939 bits per heavy atom. The molecular formula is C54H55F6N10O11P. The second kappa shape index (κ2) is 22.9. The molecule has 21 nitrogen and oxygen atoms in total. The molecule has 2 saturated carbocycles. The Balaban J connectivity index is 0.780. The Bertz CT molecular complexity index is 3250. The zero-order valence-corrected chi connectivity index (χ0v) is 45.1. The van der Waals surface area contributed by atoms with Crippen LogP contribution in [0.1, 0.15) is 103 Å². The van der Waals surface area contributed by atoms with Crippen molar-refractivity contribution in [2.45, 2.75) is 101 Å². The number of rotatable bonds is 18. The number of aliphatic hydroxyl groups is 4. The molecule has 2 aliphatic heterocycles. The summed E-state index contributed by atoms with van der Waals surface area (Å²) < 4.78 is 122. The van der Waals surface area contributed by atoms with Crippen LogP contribution in [0.15, 0.2) is 73.1 Å². The third-order valence-electron chi connectivity index (χ3n) is 14.9. The summed E-state index contributed by atoms with van der Waals surface area (Å²) in [6.45, 7) is -0.113. The van der Waals surface area contributed by atoms with Crippen LogP contribution in [0.25, 0.3) is 0 Å². The van der Waals surface area contributed by atoms with Gasteiger partial charge in [0.1, 0.15) is 34.3 Å². The maximum atomic E-state index is 14.4. The predicted octanol–water partition coefficient (Wildman–Crippen LogP) is 8.79. The van der Waals surface area contributed by atoms with Gasteiger partial charge in [-0.2, -0.15) is 36.3 Å². The molecule has 4 unspecified atom stereocenters. The van der Waals surface area contributed by atoms with Crippen molar-refractivity contribution in [1.29, 1.82) is 0 Å². The molecule has 2 aromatic heterocycles. The van der Waals surface area contributed by atoms with E-state index in [1.54, 1.807) is 38.4 Å². The van der Waals surface area contributed by atoms with E-state index in [9.17, 15) is 60.9 Å². The van der Waals surface area contributed by atoms with Crippen LogP contribution < -0.4 is 30.7 Å². The fourth-order valence-electron chi connectivity index (χ4n) is 10.8. The number of halogens is 6. The average Bonchev–Trinajstić information content (AvgIpc) is 4.01. The summed E-state index contributed by atoms with van der Waals surface area (Å²) in [7, 11) is 2.65. The molecule has 2 aliphatic carbocycles. The van der Waals surface area contributed by atoms with E-state index < -0.39 is 79.6 Å². The van der Waals surface area contributed by atoms with Crippen LogP contribution in [0.2, 0.25) is 0 Å². The molecule has 2 amide bonds. The van der Waals surface area contributed by atoms with E-state index in [2.05, 4.69) is 41.2 Å². The van der Waals surface area contributed by atoms with Crippen LogP contribution in [0.4, 0.5) is 72.6 Å². The van der Waals surface area contributed by atoms with Crippen LogP contribution in [0.3, 0.4) is 0 Å². The van der Waals surface area contributed by atoms with E-state index in [0.29, 0.717) is 45.8 Å². The van der Waals surface area contributed by atoms with Crippen LogP contribution in [-0.4, -0.2) is 115 Å². The van der Waals surface area contributed by atoms with Gasteiger partial charge >= 0.3 is 20.6 Å². The van der Waals surface area contributed by atoms with Gasteiger partial charge in [0.15, 0.2) is 0 Å². The number of nitrogens with one attached hydrogen (secondary N) is 4. The molecule has 4 aromatic carbocycles. The van der Waals surface area contributed by atoms with Crippen molar-refractivity contribution >= 4 is 66.4 Å². The second-order valence-electron chi connectivity index (χ2n) is 20.3. The van der Waals surface area contributed by atoms with E-state index in [1.807, 2.05) is 0 Å². The van der Waals surface area contributed by atoms with Crippen molar-refractivity contribution in [2.24, 2.45) is 0 Å². The third-order valence-corrected chi connectivity index (χ3v) is 15.7. The SMILES string of the molecule is COc1cc(CO[PH](=O)OCc2ccc(Nc3ncc(C(F)(F)F)c(Nc4ccc(C5CC(O)C(O)C5)c5c4C(=O)N(C)C5)n3)c(OC)c2)ccc1Nc1ncc(C(F)(F)F)c(Nc2ccc(C3CC(O)C(O)C3)c3c2C(=O)N(C)C3)n1. The molecule has 82 heavy (non-hydrogen) atoms. The Hall–Kier alpha value is -7.65. The number of methoxy groups -OCH3 is 2. The maximum Gasteiger partial charge on any atom is 0.421 e. The second-order valence-corrected chi connectivity index (χ2v) is 21.4. The number of carbonyl (C=O) groups is 2. The molecule has 2 fully saturated rings. The molecule has 28 heteroatoms. The van der Waals surface area contributed by atoms with Crippen molar-refractivity contribution in [1.82, 2.24) is 29.7 Å². The zero-order chi connectivity index (χ0) is 58.5. The minimum atomic E-state index is -4.90. The number of anilines is 8. The van der Waals surface area contributed by atoms with E-state index in [0.717, 1.165) is 0 Å². The van der Waals surface area contributed by atoms with Crippen molar-refractivity contribution in [3.63, 3.8) is 0 Å². The van der Waals surface area contributed by atoms with E-state index in [1.165, 1.54) is 60.4 Å². The molecule has 4 aliphatic rings. The molecule has 0 bridgehead atoms. The zero-order valence-electron chi connectivity index (χ0n) is 44.1. The highest BCUT2D eigenvalue weighted by Crippen LogP contribution is 2.46. The number of aromatic nitrogens is 4. The van der Waals surface area contributed by atoms with Crippen molar-refractivity contribution in [2.75, 3.05) is 49.6 Å². The third kappa shape index (κ3) is 11.8. The lowest BCUT2D eigenvalue weighted by molar-refractivity contribution is -0.138. The monoisotopic (exact) mass is 1160 g/mol. The number of aliphatic hydroxyl groups excluding tert-OH is 4. The number of alkyl halides is 6. The first-order valence-electron chi connectivity index (χ1n) is 25.6. The first-order valence-corrected chi connectivity index (χ1v) is 26.8. The van der Waals surface area contributed by atoms with E-state index in [-0.39, 0.29) is 121 Å². The van der Waals surface area contributed by atoms with Gasteiger partial charge in [-0.15, -0.1) is 0 Å². The molecule has 6 aromatic rings. The Labute approximate surface area is 464 Å². The van der Waals surface area contributed by atoms with Crippen molar-refractivity contribution in [3.05, 3.63) is 129 Å². The van der Waals surface area contributed by atoms with Gasteiger partial charge in [0.05, 0.1) is 85.7 Å². The van der Waals surface area contributed by atoms with Gasteiger partial charge in [-0.05, 0) is 107 Å². The smallest absolute Gasteiger partial charge is 0.421 e. The van der Waals surface area contributed by atoms with Crippen molar-refractivity contribution < 1.29 is 79.4 Å². The van der Waals surface area contributed by atoms with Crippen LogP contribution in [0.5, 0.6) is 11.5 Å². The highest BCUT2D eigenvalue weighted by atomic mass is 31.1. The Kier molecular flexibility index (Phi) is 16.1. The lowest BCUT2D eigenvalue weighted by atomic mass is 9.90. The minimum Gasteiger partial charge on any atom is -0.495 e. The van der Waals surface area contributed by atoms with Gasteiger partial charge in [-0.3, -0.25) is 14.2 Å². The van der Waals surface area contributed by atoms with Crippen LogP contribution in [-0.2, 0) is 52.3 Å². The lowest BCUT2D eigenvalue weighted by Gasteiger charge is -2.19. The van der Waals surface area contributed by atoms with E-state index >= 15 is 0 Å². The number of nitrogens with zero attached hydrogens (tertiary/aromatic N) is 6. The molecule has 4 atom stereocenters. The highest BCUT2D eigenvalue weighted by molar-refractivity contribution is 7.33. The summed E-state index contributed by atoms with van der Waals surface area (Å²) in [6.07, 6.45) is -11.4. The van der Waals surface area contributed by atoms with Crippen LogP contribution in [0, 0.1) is 0 Å². The summed E-state index contributed by atoms with van der Waals surface area (Å²) in [6, 6.07) is 15.5. The molecule has 8 N–H and O–H groups in total. The minimum absolute atomic E-state index is 0.0698. The molecular weight excluding hydrogens is 1110 g/mol. The fraction of sp³-hybridized carbons (Fsp3) is 0.370. The first kappa shape index (κ1) is 57.6. The molecule has 0 radical (unpaired) electrons. The molecule has 434 valence electrons. The average molecular weight is 1170 g/mol. The van der Waals surface area contributed by atoms with Crippen LogP contribution >= 0.6 is 8.25 Å². The maximum absolute atomic E-state index is 14.4. The van der Waals surface area contributed by atoms with Gasteiger partial charge in [0.2, 0.25) is 11.9 Å². The lowest BCUT2D eigenvalue weighted by Crippen LogP contribution is -2.18. The summed E-state index contributed by atoms with van der Waals surface area (Å²) in [4.78, 5) is 45.8. The summed E-state index contributed by atoms with van der Waals surface area (Å²) >= 11 is 0. The number of fused-ring (bicyclic) bond motifs is 2. The quantitative estimate of drug-likeness (QED) is 0.0295. The van der Waals surface area contributed by atoms with Gasteiger partial charge < -0.3 is 70.0 Å². The molecule has 0 spiro atoms. The number of amides is 2. The van der Waals surface area contributed by atoms with Crippen molar-refractivity contribution in [3.8, 4) is 11.5 Å². The number of carbonyl (C=O) groups excluding carboxylic acids is 2. The Morgan fingerprint density at radius 3 is 1.29 bits per heavy atom. The topological polar surface area (TPSA) is 275 Å². The summed E-state index contributed by atoms with van der Waals surface area (Å²) in [5, 5.41) is 52.0. The molecule has 4 heterocycles. The standard InChI is InChI=1S/C54H55F6N10O11P/c1-69-21-31-29(27-15-39(71)40(72)16-27)7-11-37(45(31)49(69)75)63-47-33(53(55,56)57)19-61-51(67-47)65-35-9-5-25(13-43(35)78-3)23-80-82(77)81-24-26-6-10-36(44(14-26)79-4)66-52-62-20-34(54(58,59)60)48(68-52)64-38-12-8-30(28-17-41(73)42(74)18-28)32-22-70(2)50(76)46(32)38/h5-14,19-20,27-28,39-42,71-74,82H,15-18,21-24H2,1-4H3,(H2,61,63,65,67)(H2,62,64,66,68). The first-order chi connectivity index (χ1) is 39.0. The van der Waals surface area contributed by atoms with Gasteiger partial charge in [0.25, 0.3) is 11.8 Å². The number of hydrogen-bond acceptors (Lipinski definition) is 19. The van der Waals surface area contributed by atoms with E-state index in [4.69, 9.17) is 18.5 Å². The highest BCUT2D eigenvalue weighted by Gasteiger charge is 2.42. The molecule has 10 rings (SSSR count). The largest absolute Gasteiger partial charge is 0.495 e. The van der Waals surface area contributed by atoms with Gasteiger partial charge in [0, 0.05) is 39.6 Å². The predicted molar refractivity (Wildman–Crippen MR) is 284 cm³/mol. The normalized spacial score (nSPS) is 21.0. The van der Waals surface area contributed by atoms with Gasteiger partial charge in [-0.1, -0.05) is 24.3 Å². The number of benzene rings is 4.